The van der Waals surface area contributed by atoms with Crippen molar-refractivity contribution in [2.45, 2.75) is 71.3 Å². The molecule has 4 nitrogen and oxygen atoms in total. The number of imidazole rings is 2. The average Bonchev–Trinajstić information content (AvgIpc) is 3.66. The fourth-order valence-electron chi connectivity index (χ4n) is 6.12. The van der Waals surface area contributed by atoms with Gasteiger partial charge in [0, 0.05) is 25.7 Å². The monoisotopic (exact) mass is 467 g/mol. The molecule has 2 saturated carbocycles. The van der Waals surface area contributed by atoms with Crippen molar-refractivity contribution in [3.8, 4) is 5.69 Å². The second kappa shape index (κ2) is 7.11. The van der Waals surface area contributed by atoms with Crippen LogP contribution in [-0.2, 0) is 12.7 Å². The van der Waals surface area contributed by atoms with E-state index in [1.165, 1.54) is 0 Å². The summed E-state index contributed by atoms with van der Waals surface area (Å²) in [6.45, 7) is 6.43. The Morgan fingerprint density at radius 3 is 2.03 bits per heavy atom. The van der Waals surface area contributed by atoms with Gasteiger partial charge >= 0.3 is 6.18 Å². The van der Waals surface area contributed by atoms with Crippen LogP contribution in [0.1, 0.15) is 53.8 Å². The predicted octanol–water partition coefficient (Wildman–Crippen LogP) is 6.49. The largest absolute Gasteiger partial charge is 0.435 e. The standard InChI is InChI=1S/C27H30F3N4/c1-16-13-17(2)24(18(3)14-16)33-22-8-6-5-7-21(22)32-23(25(27(28,29)30)31-26(32)33)15-34(4,19-9-10-19)20-11-12-20/h5-8,13-14,19-20H,9-12,15H2,1-4H3/q+1. The number of para-hydroxylation sites is 2. The van der Waals surface area contributed by atoms with Crippen LogP contribution in [0.5, 0.6) is 0 Å². The topological polar surface area (TPSA) is 22.2 Å². The lowest BCUT2D eigenvalue weighted by Gasteiger charge is -2.35. The summed E-state index contributed by atoms with van der Waals surface area (Å²) in [4.78, 5) is 4.34. The van der Waals surface area contributed by atoms with E-state index < -0.39 is 11.9 Å². The zero-order valence-corrected chi connectivity index (χ0v) is 20.1. The normalized spacial score (nSPS) is 17.3. The molecular weight excluding hydrogens is 437 g/mol. The molecular formula is C27H30F3N4+. The summed E-state index contributed by atoms with van der Waals surface area (Å²) in [6, 6.07) is 12.8. The zero-order chi connectivity index (χ0) is 24.0. The summed E-state index contributed by atoms with van der Waals surface area (Å²) in [7, 11) is 2.16. The SMILES string of the molecule is Cc1cc(C)c(-n2c3ccccc3n3c(C[N+](C)(C4CC4)C4CC4)c(C(F)(F)F)nc23)c(C)c1. The van der Waals surface area contributed by atoms with E-state index in [0.29, 0.717) is 34.6 Å². The highest BCUT2D eigenvalue weighted by Crippen LogP contribution is 2.46. The number of aryl methyl sites for hydroxylation is 3. The summed E-state index contributed by atoms with van der Waals surface area (Å²) in [5, 5.41) is 0. The van der Waals surface area contributed by atoms with E-state index >= 15 is 0 Å². The zero-order valence-electron chi connectivity index (χ0n) is 20.1. The molecule has 0 N–H and O–H groups in total. The Morgan fingerprint density at radius 1 is 0.941 bits per heavy atom. The van der Waals surface area contributed by atoms with Gasteiger partial charge in [0.15, 0.2) is 5.69 Å². The van der Waals surface area contributed by atoms with Crippen LogP contribution in [0.2, 0.25) is 0 Å². The van der Waals surface area contributed by atoms with Crippen molar-refractivity contribution in [3.05, 3.63) is 64.5 Å². The van der Waals surface area contributed by atoms with Gasteiger partial charge < -0.3 is 4.48 Å². The maximum atomic E-state index is 14.4. The Balaban J connectivity index is 1.69. The minimum atomic E-state index is -4.51. The van der Waals surface area contributed by atoms with Crippen LogP contribution < -0.4 is 0 Å². The lowest BCUT2D eigenvalue weighted by molar-refractivity contribution is -0.943. The van der Waals surface area contributed by atoms with Crippen molar-refractivity contribution in [1.29, 1.82) is 0 Å². The van der Waals surface area contributed by atoms with Crippen molar-refractivity contribution < 1.29 is 17.7 Å². The highest BCUT2D eigenvalue weighted by Gasteiger charge is 2.53. The molecule has 2 aromatic heterocycles. The molecule has 7 heteroatoms. The molecule has 0 spiro atoms. The number of fused-ring (bicyclic) bond motifs is 3. The van der Waals surface area contributed by atoms with Gasteiger partial charge in [0.05, 0.1) is 35.9 Å². The molecule has 0 aliphatic heterocycles. The molecule has 2 heterocycles. The summed E-state index contributed by atoms with van der Waals surface area (Å²) < 4.78 is 47.7. The molecule has 0 radical (unpaired) electrons. The molecule has 0 atom stereocenters. The van der Waals surface area contributed by atoms with Crippen molar-refractivity contribution in [3.63, 3.8) is 0 Å². The second-order valence-electron chi connectivity index (χ2n) is 10.6. The van der Waals surface area contributed by atoms with Crippen LogP contribution in [0, 0.1) is 20.8 Å². The number of halogens is 3. The smallest absolute Gasteiger partial charge is 0.316 e. The number of hydrogen-bond donors (Lipinski definition) is 0. The third-order valence-electron chi connectivity index (χ3n) is 7.90. The van der Waals surface area contributed by atoms with Crippen LogP contribution in [0.4, 0.5) is 13.2 Å². The van der Waals surface area contributed by atoms with Crippen LogP contribution in [-0.4, -0.2) is 37.6 Å². The van der Waals surface area contributed by atoms with Crippen LogP contribution in [0.15, 0.2) is 36.4 Å². The van der Waals surface area contributed by atoms with E-state index in [1.807, 2.05) is 49.6 Å². The predicted molar refractivity (Wildman–Crippen MR) is 127 cm³/mol. The van der Waals surface area contributed by atoms with Crippen molar-refractivity contribution in [2.75, 3.05) is 7.05 Å². The summed E-state index contributed by atoms with van der Waals surface area (Å²) in [6.07, 6.45) is -0.123. The van der Waals surface area contributed by atoms with E-state index in [2.05, 4.69) is 24.2 Å². The first kappa shape index (κ1) is 21.7. The summed E-state index contributed by atoms with van der Waals surface area (Å²) >= 11 is 0. The molecule has 0 unspecified atom stereocenters. The first-order chi connectivity index (χ1) is 16.1. The van der Waals surface area contributed by atoms with Gasteiger partial charge in [-0.05, 0) is 44.0 Å². The Bertz CT molecular complexity index is 1400. The molecule has 2 aliphatic rings. The highest BCUT2D eigenvalue weighted by molar-refractivity contribution is 5.85. The number of nitrogens with zero attached hydrogens (tertiary/aromatic N) is 4. The van der Waals surface area contributed by atoms with E-state index in [4.69, 9.17) is 0 Å². The first-order valence-electron chi connectivity index (χ1n) is 12.1. The van der Waals surface area contributed by atoms with Crippen LogP contribution >= 0.6 is 0 Å². The third kappa shape index (κ3) is 3.20. The molecule has 6 rings (SSSR count). The number of alkyl halides is 3. The molecule has 2 aromatic carbocycles. The van der Waals surface area contributed by atoms with Crippen molar-refractivity contribution in [2.24, 2.45) is 0 Å². The Hall–Kier alpha value is -2.80. The van der Waals surface area contributed by atoms with Gasteiger partial charge in [-0.15, -0.1) is 0 Å². The lowest BCUT2D eigenvalue weighted by atomic mass is 10.0. The molecule has 34 heavy (non-hydrogen) atoms. The lowest BCUT2D eigenvalue weighted by Crippen LogP contribution is -2.48. The van der Waals surface area contributed by atoms with Crippen molar-refractivity contribution >= 4 is 16.8 Å². The van der Waals surface area contributed by atoms with Gasteiger partial charge in [0.2, 0.25) is 5.78 Å². The second-order valence-corrected chi connectivity index (χ2v) is 10.6. The van der Waals surface area contributed by atoms with Crippen LogP contribution in [0.25, 0.3) is 22.5 Å². The quantitative estimate of drug-likeness (QED) is 0.308. The molecule has 2 fully saturated rings. The first-order valence-corrected chi connectivity index (χ1v) is 12.1. The summed E-state index contributed by atoms with van der Waals surface area (Å²) in [5.41, 5.74) is 5.29. The summed E-state index contributed by atoms with van der Waals surface area (Å²) in [5.74, 6) is 0.344. The van der Waals surface area contributed by atoms with Gasteiger partial charge in [-0.1, -0.05) is 29.8 Å². The fraction of sp³-hybridized carbons (Fsp3) is 0.444. The average molecular weight is 468 g/mol. The number of hydrogen-bond acceptors (Lipinski definition) is 1. The highest BCUT2D eigenvalue weighted by atomic mass is 19.4. The van der Waals surface area contributed by atoms with Gasteiger partial charge in [-0.2, -0.15) is 13.2 Å². The van der Waals surface area contributed by atoms with Gasteiger partial charge in [0.25, 0.3) is 0 Å². The Labute approximate surface area is 197 Å². The van der Waals surface area contributed by atoms with Gasteiger partial charge in [0.1, 0.15) is 12.2 Å². The van der Waals surface area contributed by atoms with E-state index in [9.17, 15) is 13.2 Å². The maximum Gasteiger partial charge on any atom is 0.435 e. The Kier molecular flexibility index (Phi) is 4.54. The van der Waals surface area contributed by atoms with E-state index in [0.717, 1.165) is 59.1 Å². The Morgan fingerprint density at radius 2 is 1.50 bits per heavy atom. The molecule has 0 bridgehead atoms. The molecule has 0 saturated heterocycles. The number of rotatable bonds is 5. The molecule has 2 aliphatic carbocycles. The number of benzene rings is 2. The van der Waals surface area contributed by atoms with Gasteiger partial charge in [-0.3, -0.25) is 8.97 Å². The van der Waals surface area contributed by atoms with Gasteiger partial charge in [-0.25, -0.2) is 4.98 Å². The minimum absolute atomic E-state index is 0.293. The molecule has 4 aromatic rings. The molecule has 178 valence electrons. The maximum absolute atomic E-state index is 14.4. The fourth-order valence-corrected chi connectivity index (χ4v) is 6.12. The van der Waals surface area contributed by atoms with Crippen molar-refractivity contribution in [1.82, 2.24) is 14.0 Å². The van der Waals surface area contributed by atoms with E-state index in [-0.39, 0.29) is 0 Å². The molecule has 0 amide bonds. The number of aromatic nitrogens is 3. The number of quaternary nitrogens is 1. The van der Waals surface area contributed by atoms with Crippen LogP contribution in [0.3, 0.4) is 0 Å². The third-order valence-corrected chi connectivity index (χ3v) is 7.90. The van der Waals surface area contributed by atoms with E-state index in [1.54, 1.807) is 4.40 Å². The minimum Gasteiger partial charge on any atom is -0.316 e.